The minimum atomic E-state index is -4.07. The molecule has 0 saturated carbocycles. The van der Waals surface area contributed by atoms with Crippen LogP contribution in [0.3, 0.4) is 0 Å². The fraction of sp³-hybridized carbons (Fsp3) is 1.00. The van der Waals surface area contributed by atoms with Crippen LogP contribution in [0.25, 0.3) is 0 Å². The van der Waals surface area contributed by atoms with Gasteiger partial charge in [0.25, 0.3) is 0 Å². The quantitative estimate of drug-likeness (QED) is 0.802. The molecule has 2 atom stereocenters. The molecule has 2 unspecified atom stereocenters. The molecule has 1 heterocycles. The maximum Gasteiger partial charge on any atom is 0.401 e. The van der Waals surface area contributed by atoms with Gasteiger partial charge in [-0.3, -0.25) is 4.90 Å². The van der Waals surface area contributed by atoms with Gasteiger partial charge in [-0.05, 0) is 45.2 Å². The summed E-state index contributed by atoms with van der Waals surface area (Å²) in [5.41, 5.74) is 0. The molecule has 0 aliphatic carbocycles. The third-order valence-electron chi connectivity index (χ3n) is 3.96. The predicted octanol–water partition coefficient (Wildman–Crippen LogP) is 3.43. The molecule has 1 rings (SSSR count). The summed E-state index contributed by atoms with van der Waals surface area (Å²) >= 11 is 0. The fourth-order valence-corrected chi connectivity index (χ4v) is 2.75. The summed E-state index contributed by atoms with van der Waals surface area (Å²) in [5, 5.41) is 3.56. The van der Waals surface area contributed by atoms with Crippen LogP contribution in [0.4, 0.5) is 13.2 Å². The molecule has 0 bridgehead atoms. The Bertz CT molecular complexity index is 248. The lowest BCUT2D eigenvalue weighted by Crippen LogP contribution is -2.47. The van der Waals surface area contributed by atoms with E-state index in [1.54, 1.807) is 0 Å². The van der Waals surface area contributed by atoms with E-state index < -0.39 is 12.7 Å². The number of hydrogen-bond acceptors (Lipinski definition) is 2. The number of likely N-dealkylation sites (tertiary alicyclic amines) is 1. The lowest BCUT2D eigenvalue weighted by atomic mass is 9.98. The highest BCUT2D eigenvalue weighted by atomic mass is 19.4. The molecule has 0 amide bonds. The Morgan fingerprint density at radius 2 is 1.79 bits per heavy atom. The summed E-state index contributed by atoms with van der Waals surface area (Å²) in [4.78, 5) is 1.51. The SMILES string of the molecule is CCC(C)CC(C)NC1CCN(CC(F)(F)F)CC1. The van der Waals surface area contributed by atoms with E-state index in [0.29, 0.717) is 31.1 Å². The molecule has 1 saturated heterocycles. The van der Waals surface area contributed by atoms with Crippen molar-refractivity contribution in [2.45, 2.75) is 64.7 Å². The number of hydrogen-bond donors (Lipinski definition) is 1. The zero-order valence-electron chi connectivity index (χ0n) is 12.3. The Labute approximate surface area is 114 Å². The van der Waals surface area contributed by atoms with Gasteiger partial charge in [0.15, 0.2) is 0 Å². The maximum atomic E-state index is 12.3. The van der Waals surface area contributed by atoms with Crippen LogP contribution in [0.5, 0.6) is 0 Å². The van der Waals surface area contributed by atoms with Crippen molar-refractivity contribution in [1.82, 2.24) is 10.2 Å². The molecule has 2 nitrogen and oxygen atoms in total. The highest BCUT2D eigenvalue weighted by Crippen LogP contribution is 2.20. The average Bonchev–Trinajstić information content (AvgIpc) is 2.29. The minimum Gasteiger partial charge on any atom is -0.311 e. The van der Waals surface area contributed by atoms with Crippen molar-refractivity contribution in [2.75, 3.05) is 19.6 Å². The maximum absolute atomic E-state index is 12.3. The largest absolute Gasteiger partial charge is 0.401 e. The molecule has 0 aromatic rings. The Morgan fingerprint density at radius 3 is 2.26 bits per heavy atom. The van der Waals surface area contributed by atoms with Crippen LogP contribution in [0.2, 0.25) is 0 Å². The van der Waals surface area contributed by atoms with Gasteiger partial charge < -0.3 is 5.32 Å². The van der Waals surface area contributed by atoms with Gasteiger partial charge in [0.2, 0.25) is 0 Å². The van der Waals surface area contributed by atoms with Crippen molar-refractivity contribution in [2.24, 2.45) is 5.92 Å². The molecular weight excluding hydrogens is 253 g/mol. The smallest absolute Gasteiger partial charge is 0.311 e. The molecule has 114 valence electrons. The number of nitrogens with one attached hydrogen (secondary N) is 1. The topological polar surface area (TPSA) is 15.3 Å². The predicted molar refractivity (Wildman–Crippen MR) is 72.2 cm³/mol. The van der Waals surface area contributed by atoms with Crippen LogP contribution in [-0.2, 0) is 0 Å². The van der Waals surface area contributed by atoms with Crippen LogP contribution in [-0.4, -0.2) is 42.8 Å². The van der Waals surface area contributed by atoms with Crippen molar-refractivity contribution in [1.29, 1.82) is 0 Å². The number of rotatable bonds is 6. The van der Waals surface area contributed by atoms with Crippen LogP contribution in [0, 0.1) is 5.92 Å². The zero-order valence-corrected chi connectivity index (χ0v) is 12.3. The number of halogens is 3. The first kappa shape index (κ1) is 16.8. The molecule has 5 heteroatoms. The summed E-state index contributed by atoms with van der Waals surface area (Å²) in [6.45, 7) is 6.94. The van der Waals surface area contributed by atoms with Gasteiger partial charge in [0.05, 0.1) is 6.54 Å². The van der Waals surface area contributed by atoms with Crippen molar-refractivity contribution >= 4 is 0 Å². The second-order valence-electron chi connectivity index (χ2n) is 5.98. The summed E-state index contributed by atoms with van der Waals surface area (Å²) < 4.78 is 36.8. The Hall–Kier alpha value is -0.290. The first-order valence-corrected chi connectivity index (χ1v) is 7.35. The normalized spacial score (nSPS) is 22.4. The zero-order chi connectivity index (χ0) is 14.5. The van der Waals surface area contributed by atoms with Gasteiger partial charge in [-0.1, -0.05) is 20.3 Å². The Kier molecular flexibility index (Phi) is 6.60. The molecule has 0 radical (unpaired) electrons. The second-order valence-corrected chi connectivity index (χ2v) is 5.98. The summed E-state index contributed by atoms with van der Waals surface area (Å²) in [5.74, 6) is 0.702. The summed E-state index contributed by atoms with van der Waals surface area (Å²) in [6, 6.07) is 0.831. The van der Waals surface area contributed by atoms with Crippen molar-refractivity contribution in [3.05, 3.63) is 0 Å². The highest BCUT2D eigenvalue weighted by Gasteiger charge is 2.32. The van der Waals surface area contributed by atoms with Crippen molar-refractivity contribution in [3.8, 4) is 0 Å². The minimum absolute atomic E-state index is 0.378. The third kappa shape index (κ3) is 7.16. The van der Waals surface area contributed by atoms with Gasteiger partial charge in [0, 0.05) is 12.1 Å². The number of nitrogens with zero attached hydrogens (tertiary/aromatic N) is 1. The van der Waals surface area contributed by atoms with E-state index in [1.165, 1.54) is 11.3 Å². The summed E-state index contributed by atoms with van der Waals surface area (Å²) in [7, 11) is 0. The first-order valence-electron chi connectivity index (χ1n) is 7.35. The van der Waals surface area contributed by atoms with Crippen molar-refractivity contribution in [3.63, 3.8) is 0 Å². The van der Waals surface area contributed by atoms with Crippen molar-refractivity contribution < 1.29 is 13.2 Å². The van der Waals surface area contributed by atoms with E-state index in [-0.39, 0.29) is 0 Å². The van der Waals surface area contributed by atoms with Crippen LogP contribution >= 0.6 is 0 Å². The van der Waals surface area contributed by atoms with E-state index in [4.69, 9.17) is 0 Å². The molecular formula is C14H27F3N2. The number of piperidine rings is 1. The highest BCUT2D eigenvalue weighted by molar-refractivity contribution is 4.80. The number of alkyl halides is 3. The second kappa shape index (κ2) is 7.48. The standard InChI is InChI=1S/C14H27F3N2/c1-4-11(2)9-12(3)18-13-5-7-19(8-6-13)10-14(15,16)17/h11-13,18H,4-10H2,1-3H3. The van der Waals surface area contributed by atoms with Gasteiger partial charge in [-0.15, -0.1) is 0 Å². The van der Waals surface area contributed by atoms with Gasteiger partial charge >= 0.3 is 6.18 Å². The van der Waals surface area contributed by atoms with Crippen LogP contribution in [0.15, 0.2) is 0 Å². The van der Waals surface area contributed by atoms with E-state index in [2.05, 4.69) is 26.1 Å². The van der Waals surface area contributed by atoms with E-state index in [0.717, 1.165) is 19.3 Å². The third-order valence-corrected chi connectivity index (χ3v) is 3.96. The Balaban J connectivity index is 2.23. The van der Waals surface area contributed by atoms with Crippen LogP contribution in [0.1, 0.15) is 46.5 Å². The summed E-state index contributed by atoms with van der Waals surface area (Å²) in [6.07, 6.45) is -0.110. The van der Waals surface area contributed by atoms with Gasteiger partial charge in [0.1, 0.15) is 0 Å². The monoisotopic (exact) mass is 280 g/mol. The molecule has 1 aliphatic heterocycles. The molecule has 0 spiro atoms. The fourth-order valence-electron chi connectivity index (χ4n) is 2.75. The first-order chi connectivity index (χ1) is 8.80. The lowest BCUT2D eigenvalue weighted by molar-refractivity contribution is -0.148. The molecule has 0 aromatic heterocycles. The molecule has 0 aromatic carbocycles. The van der Waals surface area contributed by atoms with Gasteiger partial charge in [-0.25, -0.2) is 0 Å². The van der Waals surface area contributed by atoms with Gasteiger partial charge in [-0.2, -0.15) is 13.2 Å². The van der Waals surface area contributed by atoms with Crippen LogP contribution < -0.4 is 5.32 Å². The van der Waals surface area contributed by atoms with E-state index in [9.17, 15) is 13.2 Å². The lowest BCUT2D eigenvalue weighted by Gasteiger charge is -2.34. The molecule has 19 heavy (non-hydrogen) atoms. The average molecular weight is 280 g/mol. The molecule has 1 N–H and O–H groups in total. The van der Waals surface area contributed by atoms with E-state index in [1.807, 2.05) is 0 Å². The van der Waals surface area contributed by atoms with E-state index >= 15 is 0 Å². The molecule has 1 fully saturated rings. The Morgan fingerprint density at radius 1 is 1.21 bits per heavy atom. The molecule has 1 aliphatic rings.